The van der Waals surface area contributed by atoms with E-state index in [-0.39, 0.29) is 31.2 Å². The van der Waals surface area contributed by atoms with Gasteiger partial charge in [-0.3, -0.25) is 19.2 Å². The van der Waals surface area contributed by atoms with E-state index < -0.39 is 55.5 Å². The van der Waals surface area contributed by atoms with Crippen LogP contribution >= 0.6 is 92.8 Å². The van der Waals surface area contributed by atoms with Crippen LogP contribution in [0.1, 0.15) is 27.6 Å². The molecule has 0 unspecified atom stereocenters. The van der Waals surface area contributed by atoms with Crippen molar-refractivity contribution in [1.29, 1.82) is 0 Å². The number of ether oxygens (including phenoxy) is 1. The van der Waals surface area contributed by atoms with Crippen molar-refractivity contribution in [1.82, 2.24) is 10.0 Å². The number of methoxy groups -OCH3 is 1. The molecule has 2 bridgehead atoms. The van der Waals surface area contributed by atoms with Gasteiger partial charge in [0.1, 0.15) is 21.5 Å². The first kappa shape index (κ1) is 31.0. The minimum absolute atomic E-state index is 0.0909. The van der Waals surface area contributed by atoms with Gasteiger partial charge >= 0.3 is 0 Å². The molecular weight excluding hydrogens is 704 g/mol. The van der Waals surface area contributed by atoms with Crippen LogP contribution in [0.15, 0.2) is 52.5 Å². The van der Waals surface area contributed by atoms with E-state index in [2.05, 4.69) is 0 Å². The number of hydrogen-bond donors (Lipinski definition) is 0. The van der Waals surface area contributed by atoms with E-state index >= 15 is 0 Å². The first-order chi connectivity index (χ1) is 19.1. The van der Waals surface area contributed by atoms with Crippen LogP contribution in [-0.4, -0.2) is 60.8 Å². The lowest BCUT2D eigenvalue weighted by atomic mass is 9.84. The molecule has 2 aliphatic carbocycles. The molecule has 1 saturated carbocycles. The zero-order chi connectivity index (χ0) is 30.4. The number of carbonyl (C=O) groups excluding carboxylic acids is 4. The van der Waals surface area contributed by atoms with Crippen molar-refractivity contribution in [3.63, 3.8) is 0 Å². The van der Waals surface area contributed by atoms with Crippen LogP contribution in [0.25, 0.3) is 0 Å². The summed E-state index contributed by atoms with van der Waals surface area (Å²) in [7, 11) is 1.46. The normalized spacial score (nSPS) is 28.7. The number of amides is 3. The molecule has 0 radical (unpaired) electrons. The van der Waals surface area contributed by atoms with E-state index in [1.165, 1.54) is 44.4 Å². The lowest BCUT2D eigenvalue weighted by molar-refractivity contribution is -0.157. The summed E-state index contributed by atoms with van der Waals surface area (Å²) in [4.78, 5) is 51.7. The maximum atomic E-state index is 14.1. The zero-order valence-corrected chi connectivity index (χ0v) is 26.8. The minimum atomic E-state index is -2.18. The van der Waals surface area contributed by atoms with E-state index in [4.69, 9.17) is 97.5 Å². The maximum absolute atomic E-state index is 14.1. The van der Waals surface area contributed by atoms with Crippen molar-refractivity contribution >= 4 is 116 Å². The van der Waals surface area contributed by atoms with E-state index in [1.54, 1.807) is 12.1 Å². The molecule has 5 atom stereocenters. The highest BCUT2D eigenvalue weighted by atomic mass is 35.5. The van der Waals surface area contributed by atoms with Crippen LogP contribution in [0.5, 0.6) is 5.75 Å². The van der Waals surface area contributed by atoms with Crippen LogP contribution in [0.4, 0.5) is 0 Å². The molecule has 1 saturated heterocycles. The number of benzene rings is 2. The van der Waals surface area contributed by atoms with E-state index in [0.717, 1.165) is 0 Å². The fourth-order valence-corrected chi connectivity index (χ4v) is 8.94. The Labute approximate surface area is 274 Å². The summed E-state index contributed by atoms with van der Waals surface area (Å²) in [5, 5.41) is 0.760. The highest BCUT2D eigenvalue weighted by molar-refractivity contribution is 6.66. The molecule has 7 nitrogen and oxygen atoms in total. The fraction of sp³-hybridized carbons (Fsp3) is 0.308. The van der Waals surface area contributed by atoms with Gasteiger partial charge in [0.25, 0.3) is 17.7 Å². The van der Waals surface area contributed by atoms with Crippen LogP contribution in [-0.2, 0) is 9.59 Å². The summed E-state index contributed by atoms with van der Waals surface area (Å²) in [6.07, 6.45) is 0. The first-order valence-corrected chi connectivity index (χ1v) is 14.8. The fourth-order valence-electron chi connectivity index (χ4n) is 5.53. The lowest BCUT2D eigenvalue weighted by Crippen LogP contribution is -2.59. The maximum Gasteiger partial charge on any atom is 0.275 e. The van der Waals surface area contributed by atoms with Gasteiger partial charge in [0.05, 0.1) is 39.6 Å². The number of halogens is 8. The Bertz CT molecular complexity index is 1520. The molecule has 3 amide bonds. The van der Waals surface area contributed by atoms with Gasteiger partial charge in [0.2, 0.25) is 0 Å². The van der Waals surface area contributed by atoms with E-state index in [1.807, 2.05) is 0 Å². The number of alkyl halides is 4. The molecule has 2 aromatic rings. The quantitative estimate of drug-likeness (QED) is 0.181. The summed E-state index contributed by atoms with van der Waals surface area (Å²) in [5.74, 6) is -6.19. The van der Waals surface area contributed by atoms with E-state index in [9.17, 15) is 19.2 Å². The average Bonchev–Trinajstić information content (AvgIpc) is 3.31. The molecule has 3 aliphatic rings. The Kier molecular flexibility index (Phi) is 7.82. The second kappa shape index (κ2) is 10.3. The molecule has 2 aromatic carbocycles. The van der Waals surface area contributed by atoms with Crippen LogP contribution in [0.2, 0.25) is 10.0 Å². The summed E-state index contributed by atoms with van der Waals surface area (Å²) in [6, 6.07) is 8.58. The summed E-state index contributed by atoms with van der Waals surface area (Å²) < 4.78 is 2.96. The Balaban J connectivity index is 1.64. The largest absolute Gasteiger partial charge is 0.497 e. The summed E-state index contributed by atoms with van der Waals surface area (Å²) >= 11 is 51.9. The molecule has 216 valence electrons. The Morgan fingerprint density at radius 1 is 0.878 bits per heavy atom. The van der Waals surface area contributed by atoms with Gasteiger partial charge in [0.15, 0.2) is 10.1 Å². The number of nitrogens with zero attached hydrogens (tertiary/aromatic N) is 2. The smallest absolute Gasteiger partial charge is 0.275 e. The number of hydrogen-bond acceptors (Lipinski definition) is 5. The molecule has 0 spiro atoms. The highest BCUT2D eigenvalue weighted by Gasteiger charge is 2.88. The number of fused-ring (bicyclic) bond motifs is 5. The third-order valence-electron chi connectivity index (χ3n) is 7.59. The van der Waals surface area contributed by atoms with Crippen LogP contribution < -0.4 is 4.74 Å². The van der Waals surface area contributed by atoms with Gasteiger partial charge < -0.3 is 4.74 Å². The zero-order valence-electron chi connectivity index (χ0n) is 20.7. The lowest BCUT2D eigenvalue weighted by Gasteiger charge is -2.38. The second-order valence-electron chi connectivity index (χ2n) is 9.61. The Hall–Kier alpha value is -1.42. The Morgan fingerprint density at radius 3 is 1.85 bits per heavy atom. The molecule has 41 heavy (non-hydrogen) atoms. The number of hydrazine groups is 1. The molecule has 0 aromatic heterocycles. The minimum Gasteiger partial charge on any atom is -0.497 e. The highest BCUT2D eigenvalue weighted by Crippen LogP contribution is 2.77. The number of carbonyl (C=O) groups is 4. The SMILES string of the molecule is COc1ccc(C(=O)[C@H](C)N(C(=O)c2ccc(Cl)cc2Cl)N2C(=O)[C@@H]3[C@H](C2=O)[C@@]2(Cl)C(Cl)=C(Cl)[C@@]3(Cl)C2(Cl)Cl)cc1. The van der Waals surface area contributed by atoms with Crippen molar-refractivity contribution in [2.75, 3.05) is 7.11 Å². The molecule has 5 rings (SSSR count). The predicted octanol–water partition coefficient (Wildman–Crippen LogP) is 7.08. The topological polar surface area (TPSA) is 84.0 Å². The number of rotatable bonds is 6. The number of allylic oxidation sites excluding steroid dienone is 2. The monoisotopic (exact) mass is 716 g/mol. The molecule has 15 heteroatoms. The summed E-state index contributed by atoms with van der Waals surface area (Å²) in [6.45, 7) is 1.34. The van der Waals surface area contributed by atoms with Gasteiger partial charge in [-0.15, -0.1) is 23.2 Å². The number of Topliss-reactive ketones (excluding diaryl/α,β-unsaturated/α-hetero) is 1. The van der Waals surface area contributed by atoms with E-state index in [0.29, 0.717) is 15.8 Å². The van der Waals surface area contributed by atoms with Crippen molar-refractivity contribution in [3.05, 3.63) is 73.7 Å². The predicted molar refractivity (Wildman–Crippen MR) is 159 cm³/mol. The van der Waals surface area contributed by atoms with Gasteiger partial charge in [-0.2, -0.15) is 5.01 Å². The van der Waals surface area contributed by atoms with Crippen molar-refractivity contribution in [2.45, 2.75) is 27.0 Å². The van der Waals surface area contributed by atoms with Gasteiger partial charge in [-0.25, -0.2) is 5.01 Å². The number of imide groups is 1. The molecule has 1 aliphatic heterocycles. The third kappa shape index (κ3) is 4.00. The molecule has 0 N–H and O–H groups in total. The van der Waals surface area contributed by atoms with Crippen LogP contribution in [0, 0.1) is 11.8 Å². The van der Waals surface area contributed by atoms with Gasteiger partial charge in [0, 0.05) is 10.6 Å². The first-order valence-electron chi connectivity index (χ1n) is 11.7. The molecular formula is C26H16Cl8N2O5. The van der Waals surface area contributed by atoms with Gasteiger partial charge in [-0.05, 0) is 49.4 Å². The van der Waals surface area contributed by atoms with Crippen molar-refractivity contribution < 1.29 is 23.9 Å². The van der Waals surface area contributed by atoms with Crippen LogP contribution in [0.3, 0.4) is 0 Å². The van der Waals surface area contributed by atoms with Gasteiger partial charge in [-0.1, -0.05) is 69.6 Å². The van der Waals surface area contributed by atoms with Crippen molar-refractivity contribution in [2.24, 2.45) is 11.8 Å². The Morgan fingerprint density at radius 2 is 1.39 bits per heavy atom. The summed E-state index contributed by atoms with van der Waals surface area (Å²) in [5.41, 5.74) is 0.0130. The second-order valence-corrected chi connectivity index (χ2v) is 13.7. The molecule has 2 fully saturated rings. The molecule has 1 heterocycles. The third-order valence-corrected chi connectivity index (χ3v) is 12.4. The number of ketones is 1. The van der Waals surface area contributed by atoms with Crippen molar-refractivity contribution in [3.8, 4) is 5.75 Å². The average molecular weight is 720 g/mol. The standard InChI is InChI=1S/C26H16Cl8N2O5/c1-10(18(37)11-3-6-13(41-2)7-4-11)35(21(38)14-8-5-12(27)9-15(14)28)36-22(39)16-17(23(36)40)25(32)20(30)19(29)24(16,31)26(25,33)34/h3-10,16-17H,1-2H3/t10-,16-,17+,24+,25+/m0/s1.